The standard InChI is InChI=1S/C19H18ClN5O3/c20-14-2-4-15(5-3-14)25-12-23-24-17(25)10-22-19(26)13-1-6-18(21-9-13)28-16-7-8-27-11-16/h1-6,9,12,16H,7-8,10-11H2,(H,22,26). The lowest BCUT2D eigenvalue weighted by Crippen LogP contribution is -2.24. The predicted molar refractivity (Wildman–Crippen MR) is 102 cm³/mol. The van der Waals surface area contributed by atoms with Crippen molar-refractivity contribution in [3.8, 4) is 11.6 Å². The van der Waals surface area contributed by atoms with E-state index >= 15 is 0 Å². The number of carbonyl (C=O) groups is 1. The van der Waals surface area contributed by atoms with Crippen LogP contribution in [-0.2, 0) is 11.3 Å². The van der Waals surface area contributed by atoms with Gasteiger partial charge in [-0.1, -0.05) is 11.6 Å². The molecule has 0 bridgehead atoms. The van der Waals surface area contributed by atoms with Crippen molar-refractivity contribution >= 4 is 17.5 Å². The van der Waals surface area contributed by atoms with E-state index in [9.17, 15) is 4.79 Å². The molecule has 4 rings (SSSR count). The van der Waals surface area contributed by atoms with E-state index in [2.05, 4.69) is 20.5 Å². The fourth-order valence-electron chi connectivity index (χ4n) is 2.82. The minimum Gasteiger partial charge on any atom is -0.472 e. The lowest BCUT2D eigenvalue weighted by Gasteiger charge is -2.11. The zero-order valence-electron chi connectivity index (χ0n) is 14.9. The maximum absolute atomic E-state index is 12.4. The first-order valence-electron chi connectivity index (χ1n) is 8.82. The average molecular weight is 400 g/mol. The van der Waals surface area contributed by atoms with Gasteiger partial charge in [0.2, 0.25) is 5.88 Å². The molecule has 1 aliphatic rings. The third-order valence-corrected chi connectivity index (χ3v) is 4.56. The molecule has 1 saturated heterocycles. The second kappa shape index (κ2) is 8.37. The van der Waals surface area contributed by atoms with Crippen LogP contribution in [0, 0.1) is 0 Å². The monoisotopic (exact) mass is 399 g/mol. The summed E-state index contributed by atoms with van der Waals surface area (Å²) in [5.74, 6) is 0.827. The number of amides is 1. The summed E-state index contributed by atoms with van der Waals surface area (Å²) in [5, 5.41) is 11.5. The number of carbonyl (C=O) groups excluding carboxylic acids is 1. The first-order chi connectivity index (χ1) is 13.7. The summed E-state index contributed by atoms with van der Waals surface area (Å²) in [5.41, 5.74) is 1.30. The van der Waals surface area contributed by atoms with Gasteiger partial charge in [-0.25, -0.2) is 4.98 Å². The lowest BCUT2D eigenvalue weighted by molar-refractivity contribution is 0.0949. The third kappa shape index (κ3) is 4.29. The summed E-state index contributed by atoms with van der Waals surface area (Å²) in [4.78, 5) is 16.6. The van der Waals surface area contributed by atoms with Gasteiger partial charge in [0.05, 0.1) is 25.3 Å². The van der Waals surface area contributed by atoms with Crippen LogP contribution in [-0.4, -0.2) is 45.0 Å². The van der Waals surface area contributed by atoms with E-state index in [1.165, 1.54) is 6.20 Å². The molecule has 1 amide bonds. The van der Waals surface area contributed by atoms with E-state index < -0.39 is 0 Å². The van der Waals surface area contributed by atoms with Crippen molar-refractivity contribution in [3.05, 3.63) is 65.3 Å². The van der Waals surface area contributed by atoms with Gasteiger partial charge in [0.15, 0.2) is 5.82 Å². The molecule has 1 atom stereocenters. The highest BCUT2D eigenvalue weighted by Gasteiger charge is 2.18. The number of nitrogens with zero attached hydrogens (tertiary/aromatic N) is 4. The molecule has 0 spiro atoms. The van der Waals surface area contributed by atoms with Crippen molar-refractivity contribution in [3.63, 3.8) is 0 Å². The van der Waals surface area contributed by atoms with Gasteiger partial charge >= 0.3 is 0 Å². The van der Waals surface area contributed by atoms with Crippen LogP contribution in [0.25, 0.3) is 5.69 Å². The molecule has 144 valence electrons. The van der Waals surface area contributed by atoms with E-state index in [-0.39, 0.29) is 18.6 Å². The van der Waals surface area contributed by atoms with Crippen LogP contribution in [0.1, 0.15) is 22.6 Å². The number of hydrogen-bond donors (Lipinski definition) is 1. The summed E-state index contributed by atoms with van der Waals surface area (Å²) >= 11 is 5.92. The van der Waals surface area contributed by atoms with Crippen LogP contribution < -0.4 is 10.1 Å². The van der Waals surface area contributed by atoms with Gasteiger partial charge in [0.25, 0.3) is 5.91 Å². The molecule has 1 aromatic carbocycles. The molecule has 9 heteroatoms. The summed E-state index contributed by atoms with van der Waals surface area (Å²) < 4.78 is 12.8. The summed E-state index contributed by atoms with van der Waals surface area (Å²) in [6.45, 7) is 1.49. The number of benzene rings is 1. The average Bonchev–Trinajstić information content (AvgIpc) is 3.39. The quantitative estimate of drug-likeness (QED) is 0.684. The van der Waals surface area contributed by atoms with E-state index in [4.69, 9.17) is 21.1 Å². The van der Waals surface area contributed by atoms with E-state index in [1.807, 2.05) is 12.1 Å². The second-order valence-corrected chi connectivity index (χ2v) is 6.70. The maximum Gasteiger partial charge on any atom is 0.253 e. The van der Waals surface area contributed by atoms with Crippen LogP contribution in [0.15, 0.2) is 48.9 Å². The van der Waals surface area contributed by atoms with Gasteiger partial charge in [-0.15, -0.1) is 10.2 Å². The summed E-state index contributed by atoms with van der Waals surface area (Å²) in [7, 11) is 0. The minimum atomic E-state index is -0.256. The Hall–Kier alpha value is -2.97. The Morgan fingerprint density at radius 1 is 1.29 bits per heavy atom. The van der Waals surface area contributed by atoms with Crippen molar-refractivity contribution < 1.29 is 14.3 Å². The van der Waals surface area contributed by atoms with Crippen LogP contribution in [0.3, 0.4) is 0 Å². The van der Waals surface area contributed by atoms with Gasteiger partial charge in [-0.05, 0) is 30.3 Å². The molecule has 1 fully saturated rings. The Morgan fingerprint density at radius 2 is 2.14 bits per heavy atom. The zero-order chi connectivity index (χ0) is 19.3. The van der Waals surface area contributed by atoms with Gasteiger partial charge in [0.1, 0.15) is 12.4 Å². The van der Waals surface area contributed by atoms with E-state index in [0.717, 1.165) is 12.1 Å². The number of rotatable bonds is 6. The maximum atomic E-state index is 12.4. The van der Waals surface area contributed by atoms with Gasteiger partial charge < -0.3 is 14.8 Å². The molecule has 2 aromatic heterocycles. The summed E-state index contributed by atoms with van der Waals surface area (Å²) in [6.07, 6.45) is 3.94. The molecule has 0 radical (unpaired) electrons. The number of aromatic nitrogens is 4. The second-order valence-electron chi connectivity index (χ2n) is 6.26. The fourth-order valence-corrected chi connectivity index (χ4v) is 2.95. The molecular weight excluding hydrogens is 382 g/mol. The molecule has 28 heavy (non-hydrogen) atoms. The molecule has 1 unspecified atom stereocenters. The highest BCUT2D eigenvalue weighted by Crippen LogP contribution is 2.16. The molecule has 0 aliphatic carbocycles. The Kier molecular flexibility index (Phi) is 5.50. The first kappa shape index (κ1) is 18.4. The number of halogens is 1. The molecule has 3 aromatic rings. The largest absolute Gasteiger partial charge is 0.472 e. The van der Waals surface area contributed by atoms with E-state index in [1.54, 1.807) is 35.2 Å². The third-order valence-electron chi connectivity index (χ3n) is 4.30. The normalized spacial score (nSPS) is 16.1. The zero-order valence-corrected chi connectivity index (χ0v) is 15.7. The van der Waals surface area contributed by atoms with Crippen LogP contribution in [0.4, 0.5) is 0 Å². The molecule has 1 N–H and O–H groups in total. The van der Waals surface area contributed by atoms with Gasteiger partial charge in [-0.3, -0.25) is 9.36 Å². The molecule has 1 aliphatic heterocycles. The van der Waals surface area contributed by atoms with Gasteiger partial charge in [-0.2, -0.15) is 0 Å². The highest BCUT2D eigenvalue weighted by atomic mass is 35.5. The minimum absolute atomic E-state index is 0.0198. The van der Waals surface area contributed by atoms with Crippen molar-refractivity contribution in [2.75, 3.05) is 13.2 Å². The van der Waals surface area contributed by atoms with Crippen molar-refractivity contribution in [2.45, 2.75) is 19.1 Å². The van der Waals surface area contributed by atoms with E-state index in [0.29, 0.717) is 35.5 Å². The van der Waals surface area contributed by atoms with Crippen molar-refractivity contribution in [1.29, 1.82) is 0 Å². The Morgan fingerprint density at radius 3 is 2.86 bits per heavy atom. The smallest absolute Gasteiger partial charge is 0.253 e. The SMILES string of the molecule is O=C(NCc1nncn1-c1ccc(Cl)cc1)c1ccc(OC2CCOC2)nc1. The molecular formula is C19H18ClN5O3. The first-order valence-corrected chi connectivity index (χ1v) is 9.20. The lowest BCUT2D eigenvalue weighted by atomic mass is 10.2. The highest BCUT2D eigenvalue weighted by molar-refractivity contribution is 6.30. The van der Waals surface area contributed by atoms with Gasteiger partial charge in [0, 0.05) is 29.4 Å². The number of hydrogen-bond acceptors (Lipinski definition) is 6. The van der Waals surface area contributed by atoms with Crippen molar-refractivity contribution in [1.82, 2.24) is 25.1 Å². The van der Waals surface area contributed by atoms with Crippen LogP contribution in [0.2, 0.25) is 5.02 Å². The van der Waals surface area contributed by atoms with Crippen LogP contribution >= 0.6 is 11.6 Å². The fraction of sp³-hybridized carbons (Fsp3) is 0.263. The number of ether oxygens (including phenoxy) is 2. The summed E-state index contributed by atoms with van der Waals surface area (Å²) in [6, 6.07) is 10.6. The number of nitrogens with one attached hydrogen (secondary N) is 1. The topological polar surface area (TPSA) is 91.2 Å². The Labute approximate surface area is 166 Å². The van der Waals surface area contributed by atoms with Crippen LogP contribution in [0.5, 0.6) is 5.88 Å². The molecule has 3 heterocycles. The molecule has 8 nitrogen and oxygen atoms in total. The molecule has 0 saturated carbocycles. The predicted octanol–water partition coefficient (Wildman–Crippen LogP) is 2.41. The number of pyridine rings is 1. The Bertz CT molecular complexity index is 937. The Balaban J connectivity index is 1.37. The van der Waals surface area contributed by atoms with Crippen molar-refractivity contribution in [2.24, 2.45) is 0 Å².